The van der Waals surface area contributed by atoms with Gasteiger partial charge in [0.15, 0.2) is 6.61 Å². The Labute approximate surface area is 181 Å². The fourth-order valence-electron chi connectivity index (χ4n) is 3.41. The van der Waals surface area contributed by atoms with Crippen molar-refractivity contribution in [2.24, 2.45) is 5.92 Å². The van der Waals surface area contributed by atoms with Gasteiger partial charge in [0.1, 0.15) is 11.6 Å². The molecule has 1 saturated heterocycles. The number of aryl methyl sites for hydroxylation is 2. The molecule has 0 aliphatic carbocycles. The van der Waals surface area contributed by atoms with Gasteiger partial charge in [-0.15, -0.1) is 0 Å². The molecule has 2 aromatic carbocycles. The predicted molar refractivity (Wildman–Crippen MR) is 114 cm³/mol. The van der Waals surface area contributed by atoms with E-state index in [-0.39, 0.29) is 30.2 Å². The Hall–Kier alpha value is -2.60. The minimum Gasteiger partial charge on any atom is -0.484 e. The van der Waals surface area contributed by atoms with Gasteiger partial charge in [-0.3, -0.25) is 9.59 Å². The number of hydrogen-bond acceptors (Lipinski definition) is 3. The summed E-state index contributed by atoms with van der Waals surface area (Å²) < 4.78 is 19.2. The summed E-state index contributed by atoms with van der Waals surface area (Å²) in [4.78, 5) is 26.6. The summed E-state index contributed by atoms with van der Waals surface area (Å²) in [7, 11) is 0. The van der Waals surface area contributed by atoms with Crippen LogP contribution in [0.3, 0.4) is 0 Å². The number of carbonyl (C=O) groups excluding carboxylic acids is 2. The largest absolute Gasteiger partial charge is 0.484 e. The number of rotatable bonds is 6. The molecule has 1 heterocycles. The molecular formula is C23H26ClFN2O3. The third-order valence-corrected chi connectivity index (χ3v) is 5.84. The van der Waals surface area contributed by atoms with E-state index < -0.39 is 0 Å². The topological polar surface area (TPSA) is 58.6 Å². The normalized spacial score (nSPS) is 14.5. The number of hydrogen-bond donors (Lipinski definition) is 1. The fourth-order valence-corrected chi connectivity index (χ4v) is 3.53. The molecule has 0 saturated carbocycles. The van der Waals surface area contributed by atoms with Gasteiger partial charge in [0, 0.05) is 30.6 Å². The lowest BCUT2D eigenvalue weighted by Gasteiger charge is -2.31. The van der Waals surface area contributed by atoms with Gasteiger partial charge in [-0.1, -0.05) is 23.7 Å². The van der Waals surface area contributed by atoms with Crippen LogP contribution in [0.4, 0.5) is 4.39 Å². The number of piperidine rings is 1. The van der Waals surface area contributed by atoms with E-state index in [2.05, 4.69) is 5.32 Å². The molecule has 160 valence electrons. The van der Waals surface area contributed by atoms with Crippen molar-refractivity contribution >= 4 is 23.4 Å². The van der Waals surface area contributed by atoms with Gasteiger partial charge in [0.05, 0.1) is 0 Å². The maximum absolute atomic E-state index is 13.6. The number of nitrogens with one attached hydrogen (secondary N) is 1. The first kappa shape index (κ1) is 22.1. The second-order valence-corrected chi connectivity index (χ2v) is 8.06. The summed E-state index contributed by atoms with van der Waals surface area (Å²) in [6.07, 6.45) is 1.19. The molecular weight excluding hydrogens is 407 g/mol. The first-order valence-electron chi connectivity index (χ1n) is 10.0. The van der Waals surface area contributed by atoms with Crippen LogP contribution in [0.1, 0.15) is 29.5 Å². The highest BCUT2D eigenvalue weighted by atomic mass is 35.5. The van der Waals surface area contributed by atoms with Gasteiger partial charge in [0.25, 0.3) is 5.91 Å². The molecule has 0 spiro atoms. The molecule has 3 rings (SSSR count). The highest BCUT2D eigenvalue weighted by molar-refractivity contribution is 6.31. The quantitative estimate of drug-likeness (QED) is 0.749. The Balaban J connectivity index is 1.41. The molecule has 0 atom stereocenters. The van der Waals surface area contributed by atoms with E-state index in [0.717, 1.165) is 11.1 Å². The van der Waals surface area contributed by atoms with Crippen molar-refractivity contribution in [1.29, 1.82) is 0 Å². The molecule has 0 unspecified atom stereocenters. The molecule has 2 amide bonds. The number of halogens is 2. The SMILES string of the molecule is Cc1ccc(CNC(=O)C2CCN(C(=O)COc3ccc(Cl)c(C)c3)CC2)cc1F. The van der Waals surface area contributed by atoms with Crippen molar-refractivity contribution < 1.29 is 18.7 Å². The molecule has 0 bridgehead atoms. The smallest absolute Gasteiger partial charge is 0.260 e. The molecule has 0 radical (unpaired) electrons. The van der Waals surface area contributed by atoms with Gasteiger partial charge in [-0.05, 0) is 67.6 Å². The van der Waals surface area contributed by atoms with E-state index in [1.165, 1.54) is 6.07 Å². The third-order valence-electron chi connectivity index (χ3n) is 5.41. The van der Waals surface area contributed by atoms with E-state index in [0.29, 0.717) is 48.8 Å². The van der Waals surface area contributed by atoms with Gasteiger partial charge < -0.3 is 15.0 Å². The summed E-state index contributed by atoms with van der Waals surface area (Å²) in [5.74, 6) is 0.0216. The number of likely N-dealkylation sites (tertiary alicyclic amines) is 1. The fraction of sp³-hybridized carbons (Fsp3) is 0.391. The standard InChI is InChI=1S/C23H26ClFN2O3/c1-15-3-4-17(12-21(15)25)13-26-23(29)18-7-9-27(10-8-18)22(28)14-30-19-5-6-20(24)16(2)11-19/h3-6,11-12,18H,7-10,13-14H2,1-2H3,(H,26,29). The molecule has 1 aliphatic heterocycles. The Bertz CT molecular complexity index is 851. The predicted octanol–water partition coefficient (Wildman–Crippen LogP) is 4.03. The summed E-state index contributed by atoms with van der Waals surface area (Å²) in [6, 6.07) is 10.2. The van der Waals surface area contributed by atoms with Crippen LogP contribution in [0.5, 0.6) is 5.75 Å². The van der Waals surface area contributed by atoms with Crippen LogP contribution < -0.4 is 10.1 Å². The van der Waals surface area contributed by atoms with E-state index in [1.54, 1.807) is 36.1 Å². The van der Waals surface area contributed by atoms with Crippen molar-refractivity contribution in [3.8, 4) is 5.75 Å². The number of benzene rings is 2. The molecule has 5 nitrogen and oxygen atoms in total. The van der Waals surface area contributed by atoms with Crippen molar-refractivity contribution in [1.82, 2.24) is 10.2 Å². The molecule has 7 heteroatoms. The number of carbonyl (C=O) groups is 2. The van der Waals surface area contributed by atoms with Crippen LogP contribution in [0.15, 0.2) is 36.4 Å². The van der Waals surface area contributed by atoms with E-state index in [1.807, 2.05) is 13.0 Å². The molecule has 30 heavy (non-hydrogen) atoms. The second kappa shape index (κ2) is 9.94. The lowest BCUT2D eigenvalue weighted by atomic mass is 9.95. The van der Waals surface area contributed by atoms with Gasteiger partial charge in [0.2, 0.25) is 5.91 Å². The van der Waals surface area contributed by atoms with Crippen molar-refractivity contribution in [2.45, 2.75) is 33.2 Å². The molecule has 1 aliphatic rings. The van der Waals surface area contributed by atoms with Crippen LogP contribution in [0, 0.1) is 25.6 Å². The summed E-state index contributed by atoms with van der Waals surface area (Å²) >= 11 is 5.99. The number of amides is 2. The average Bonchev–Trinajstić information content (AvgIpc) is 2.75. The lowest BCUT2D eigenvalue weighted by molar-refractivity contribution is -0.137. The highest BCUT2D eigenvalue weighted by Crippen LogP contribution is 2.22. The van der Waals surface area contributed by atoms with Crippen molar-refractivity contribution in [3.63, 3.8) is 0 Å². The Morgan fingerprint density at radius 2 is 1.87 bits per heavy atom. The van der Waals surface area contributed by atoms with Gasteiger partial charge in [-0.25, -0.2) is 4.39 Å². The Morgan fingerprint density at radius 3 is 2.53 bits per heavy atom. The van der Waals surface area contributed by atoms with Crippen LogP contribution in [0.2, 0.25) is 5.02 Å². The second-order valence-electron chi connectivity index (χ2n) is 7.66. The summed E-state index contributed by atoms with van der Waals surface area (Å²) in [6.45, 7) is 4.86. The molecule has 0 aromatic heterocycles. The molecule has 1 N–H and O–H groups in total. The summed E-state index contributed by atoms with van der Waals surface area (Å²) in [5, 5.41) is 3.53. The molecule has 1 fully saturated rings. The van der Waals surface area contributed by atoms with Crippen LogP contribution in [0.25, 0.3) is 0 Å². The lowest BCUT2D eigenvalue weighted by Crippen LogP contribution is -2.44. The average molecular weight is 433 g/mol. The zero-order valence-corrected chi connectivity index (χ0v) is 18.0. The van der Waals surface area contributed by atoms with E-state index in [9.17, 15) is 14.0 Å². The zero-order valence-electron chi connectivity index (χ0n) is 17.2. The molecule has 2 aromatic rings. The first-order valence-corrected chi connectivity index (χ1v) is 10.4. The monoisotopic (exact) mass is 432 g/mol. The maximum Gasteiger partial charge on any atom is 0.260 e. The van der Waals surface area contributed by atoms with Crippen LogP contribution >= 0.6 is 11.6 Å². The number of nitrogens with zero attached hydrogens (tertiary/aromatic N) is 1. The van der Waals surface area contributed by atoms with Crippen LogP contribution in [-0.4, -0.2) is 36.4 Å². The van der Waals surface area contributed by atoms with Crippen molar-refractivity contribution in [3.05, 3.63) is 63.9 Å². The van der Waals surface area contributed by atoms with Gasteiger partial charge >= 0.3 is 0 Å². The Kier molecular flexibility index (Phi) is 7.32. The number of ether oxygens (including phenoxy) is 1. The summed E-state index contributed by atoms with van der Waals surface area (Å²) in [5.41, 5.74) is 2.20. The Morgan fingerprint density at radius 1 is 1.13 bits per heavy atom. The maximum atomic E-state index is 13.6. The highest BCUT2D eigenvalue weighted by Gasteiger charge is 2.27. The van der Waals surface area contributed by atoms with Crippen molar-refractivity contribution in [2.75, 3.05) is 19.7 Å². The van der Waals surface area contributed by atoms with Gasteiger partial charge in [-0.2, -0.15) is 0 Å². The third kappa shape index (κ3) is 5.72. The minimum atomic E-state index is -0.274. The van der Waals surface area contributed by atoms with Crippen LogP contribution in [-0.2, 0) is 16.1 Å². The minimum absolute atomic E-state index is 0.0447. The van der Waals surface area contributed by atoms with E-state index in [4.69, 9.17) is 16.3 Å². The zero-order chi connectivity index (χ0) is 21.7. The first-order chi connectivity index (χ1) is 14.3. The van der Waals surface area contributed by atoms with E-state index >= 15 is 0 Å².